The first-order chi connectivity index (χ1) is 13.8. The van der Waals surface area contributed by atoms with Gasteiger partial charge in [-0.1, -0.05) is 0 Å². The molecule has 1 saturated heterocycles. The number of hydrogen-bond acceptors (Lipinski definition) is 7. The maximum absolute atomic E-state index is 12.8. The number of piperazine rings is 1. The van der Waals surface area contributed by atoms with E-state index in [0.29, 0.717) is 17.8 Å². The summed E-state index contributed by atoms with van der Waals surface area (Å²) in [6.07, 6.45) is 0.530. The topological polar surface area (TPSA) is 49.9 Å². The lowest BCUT2D eigenvalue weighted by molar-refractivity contribution is 0.0930. The molecule has 2 aliphatic heterocycles. The molecular weight excluding hydrogens is 404 g/mol. The van der Waals surface area contributed by atoms with Crippen LogP contribution < -0.4 is 9.64 Å². The van der Waals surface area contributed by atoms with Gasteiger partial charge in [0.2, 0.25) is 0 Å². The van der Waals surface area contributed by atoms with Crippen LogP contribution in [-0.4, -0.2) is 61.0 Å². The number of carbonyl (C=O) groups excluding carboxylic acids is 2. The largest absolute Gasteiger partial charge is 0.497 e. The molecule has 0 spiro atoms. The van der Waals surface area contributed by atoms with Gasteiger partial charge in [0.25, 0.3) is 0 Å². The van der Waals surface area contributed by atoms with Crippen LogP contribution >= 0.6 is 23.1 Å². The van der Waals surface area contributed by atoms with Crippen molar-refractivity contribution in [2.24, 2.45) is 0 Å². The van der Waals surface area contributed by atoms with Crippen LogP contribution in [0.4, 0.5) is 5.69 Å². The number of ketones is 2. The highest BCUT2D eigenvalue weighted by Gasteiger charge is 2.34. The van der Waals surface area contributed by atoms with Crippen molar-refractivity contribution in [1.29, 1.82) is 0 Å². The first kappa shape index (κ1) is 20.4. The molecule has 154 valence electrons. The molecule has 2 aliphatic rings. The van der Waals surface area contributed by atoms with Gasteiger partial charge in [-0.05, 0) is 44.2 Å². The van der Waals surface area contributed by atoms with Crippen molar-refractivity contribution in [3.8, 4) is 5.75 Å². The van der Waals surface area contributed by atoms with Crippen molar-refractivity contribution in [3.63, 3.8) is 0 Å². The average Bonchev–Trinajstić information content (AvgIpc) is 3.12. The fourth-order valence-corrected chi connectivity index (χ4v) is 6.73. The van der Waals surface area contributed by atoms with Gasteiger partial charge in [-0.15, -0.1) is 23.1 Å². The highest BCUT2D eigenvalue weighted by atomic mass is 32.2. The van der Waals surface area contributed by atoms with Crippen molar-refractivity contribution in [2.75, 3.05) is 44.7 Å². The van der Waals surface area contributed by atoms with Crippen molar-refractivity contribution in [1.82, 2.24) is 4.90 Å². The summed E-state index contributed by atoms with van der Waals surface area (Å²) in [5.74, 6) is 1.14. The molecule has 4 rings (SSSR count). The Bertz CT molecular complexity index is 913. The Labute approximate surface area is 180 Å². The molecule has 1 aromatic carbocycles. The molecule has 0 N–H and O–H groups in total. The lowest BCUT2D eigenvalue weighted by Gasteiger charge is -2.35. The van der Waals surface area contributed by atoms with E-state index in [1.165, 1.54) is 17.0 Å². The summed E-state index contributed by atoms with van der Waals surface area (Å²) in [5, 5.41) is 0. The number of methoxy groups -OCH3 is 1. The molecule has 2 aromatic rings. The highest BCUT2D eigenvalue weighted by molar-refractivity contribution is 8.02. The third-order valence-electron chi connectivity index (χ3n) is 5.41. The Balaban J connectivity index is 1.35. The SMILES string of the molecule is COc1ccc(N2CCN(CC(=O)c3cc4c(s3)SC(C)(C)CC4=O)CC2)cc1. The number of hydrogen-bond donors (Lipinski definition) is 0. The lowest BCUT2D eigenvalue weighted by Crippen LogP contribution is -2.47. The average molecular weight is 431 g/mol. The molecule has 0 saturated carbocycles. The van der Waals surface area contributed by atoms with Crippen LogP contribution in [0.1, 0.15) is 40.3 Å². The van der Waals surface area contributed by atoms with Gasteiger partial charge in [0.05, 0.1) is 22.7 Å². The number of thiophene rings is 1. The van der Waals surface area contributed by atoms with E-state index in [9.17, 15) is 9.59 Å². The van der Waals surface area contributed by atoms with Gasteiger partial charge in [-0.25, -0.2) is 0 Å². The summed E-state index contributed by atoms with van der Waals surface area (Å²) in [7, 11) is 1.67. The zero-order valence-electron chi connectivity index (χ0n) is 17.1. The van der Waals surface area contributed by atoms with E-state index < -0.39 is 0 Å². The van der Waals surface area contributed by atoms with Gasteiger partial charge in [0.1, 0.15) is 5.75 Å². The Morgan fingerprint density at radius 2 is 1.83 bits per heavy atom. The Morgan fingerprint density at radius 3 is 2.48 bits per heavy atom. The minimum atomic E-state index is -0.0902. The Hall–Kier alpha value is -1.83. The smallest absolute Gasteiger partial charge is 0.186 e. The van der Waals surface area contributed by atoms with Crippen LogP contribution in [0.3, 0.4) is 0 Å². The first-order valence-corrected chi connectivity index (χ1v) is 11.5. The van der Waals surface area contributed by atoms with Crippen molar-refractivity contribution < 1.29 is 14.3 Å². The maximum Gasteiger partial charge on any atom is 0.186 e. The summed E-state index contributed by atoms with van der Waals surface area (Å²) < 4.78 is 6.13. The van der Waals surface area contributed by atoms with E-state index in [4.69, 9.17) is 4.74 Å². The van der Waals surface area contributed by atoms with E-state index in [1.807, 2.05) is 18.2 Å². The lowest BCUT2D eigenvalue weighted by atomic mass is 10.0. The first-order valence-electron chi connectivity index (χ1n) is 9.85. The van der Waals surface area contributed by atoms with Crippen LogP contribution in [0.25, 0.3) is 0 Å². The van der Waals surface area contributed by atoms with E-state index in [2.05, 4.69) is 35.8 Å². The molecule has 1 fully saturated rings. The Kier molecular flexibility index (Phi) is 5.73. The van der Waals surface area contributed by atoms with Gasteiger partial charge >= 0.3 is 0 Å². The van der Waals surface area contributed by atoms with Crippen molar-refractivity contribution >= 4 is 40.4 Å². The second-order valence-electron chi connectivity index (χ2n) is 8.16. The van der Waals surface area contributed by atoms with Crippen molar-refractivity contribution in [3.05, 3.63) is 40.8 Å². The zero-order valence-corrected chi connectivity index (χ0v) is 18.7. The predicted molar refractivity (Wildman–Crippen MR) is 119 cm³/mol. The van der Waals surface area contributed by atoms with E-state index in [0.717, 1.165) is 41.7 Å². The van der Waals surface area contributed by atoms with Crippen LogP contribution in [-0.2, 0) is 0 Å². The number of rotatable bonds is 5. The molecule has 0 amide bonds. The maximum atomic E-state index is 12.8. The normalized spacial score (nSPS) is 19.1. The third kappa shape index (κ3) is 4.52. The molecule has 0 atom stereocenters. The van der Waals surface area contributed by atoms with Gasteiger partial charge in [0, 0.05) is 48.6 Å². The minimum Gasteiger partial charge on any atom is -0.497 e. The molecule has 7 heteroatoms. The molecule has 0 radical (unpaired) electrons. The van der Waals surface area contributed by atoms with E-state index >= 15 is 0 Å². The third-order valence-corrected chi connectivity index (χ3v) is 7.98. The quantitative estimate of drug-likeness (QED) is 0.662. The monoisotopic (exact) mass is 430 g/mol. The van der Waals surface area contributed by atoms with E-state index in [1.54, 1.807) is 18.9 Å². The number of carbonyl (C=O) groups is 2. The molecule has 0 unspecified atom stereocenters. The fraction of sp³-hybridized carbons (Fsp3) is 0.455. The van der Waals surface area contributed by atoms with Crippen LogP contribution in [0, 0.1) is 0 Å². The summed E-state index contributed by atoms with van der Waals surface area (Å²) in [6, 6.07) is 9.92. The number of fused-ring (bicyclic) bond motifs is 1. The van der Waals surface area contributed by atoms with Gasteiger partial charge in [0.15, 0.2) is 11.6 Å². The summed E-state index contributed by atoms with van der Waals surface area (Å²) in [4.78, 5) is 30.5. The van der Waals surface area contributed by atoms with Gasteiger partial charge in [-0.2, -0.15) is 0 Å². The second kappa shape index (κ2) is 8.13. The van der Waals surface area contributed by atoms with Crippen molar-refractivity contribution in [2.45, 2.75) is 29.2 Å². The standard InChI is InChI=1S/C22H26N2O3S2/c1-22(2)13-18(25)17-12-20(28-21(17)29-22)19(26)14-23-8-10-24(11-9-23)15-4-6-16(27-3)7-5-15/h4-7,12H,8-11,13-14H2,1-3H3. The number of anilines is 1. The van der Waals surface area contributed by atoms with Gasteiger partial charge in [-0.3, -0.25) is 14.5 Å². The predicted octanol–water partition coefficient (Wildman–Crippen LogP) is 4.22. The summed E-state index contributed by atoms with van der Waals surface area (Å²) in [5.41, 5.74) is 1.92. The number of nitrogens with zero attached hydrogens (tertiary/aromatic N) is 2. The number of benzene rings is 1. The van der Waals surface area contributed by atoms with Crippen LogP contribution in [0.2, 0.25) is 0 Å². The fourth-order valence-electron chi connectivity index (χ4n) is 3.79. The minimum absolute atomic E-state index is 0.0902. The number of thioether (sulfide) groups is 1. The highest BCUT2D eigenvalue weighted by Crippen LogP contribution is 2.46. The number of ether oxygens (including phenoxy) is 1. The molecule has 0 aliphatic carbocycles. The molecule has 5 nitrogen and oxygen atoms in total. The van der Waals surface area contributed by atoms with Crippen LogP contribution in [0.15, 0.2) is 34.5 Å². The van der Waals surface area contributed by atoms with Crippen LogP contribution in [0.5, 0.6) is 5.75 Å². The molecule has 0 bridgehead atoms. The molecular formula is C22H26N2O3S2. The molecule has 1 aromatic heterocycles. The zero-order chi connectivity index (χ0) is 20.6. The Morgan fingerprint density at radius 1 is 1.14 bits per heavy atom. The second-order valence-corrected chi connectivity index (χ2v) is 11.2. The molecule has 3 heterocycles. The summed E-state index contributed by atoms with van der Waals surface area (Å²) in [6.45, 7) is 8.07. The summed E-state index contributed by atoms with van der Waals surface area (Å²) >= 11 is 3.20. The van der Waals surface area contributed by atoms with E-state index in [-0.39, 0.29) is 16.3 Å². The number of Topliss-reactive ketones (excluding diaryl/α,β-unsaturated/α-hetero) is 2. The molecule has 29 heavy (non-hydrogen) atoms. The van der Waals surface area contributed by atoms with Gasteiger partial charge < -0.3 is 9.64 Å².